The van der Waals surface area contributed by atoms with Crippen LogP contribution in [-0.2, 0) is 0 Å². The number of nitrogens with two attached hydrogens (primary N) is 1. The number of nitrogens with zero attached hydrogens (tertiary/aromatic N) is 4. The van der Waals surface area contributed by atoms with E-state index < -0.39 is 0 Å². The lowest BCUT2D eigenvalue weighted by Gasteiger charge is -2.24. The van der Waals surface area contributed by atoms with Gasteiger partial charge < -0.3 is 21.3 Å². The number of benzene rings is 1. The predicted octanol–water partition coefficient (Wildman–Crippen LogP) is 4.19. The Morgan fingerprint density at radius 3 is 2.81 bits per heavy atom. The van der Waals surface area contributed by atoms with Crippen LogP contribution >= 0.6 is 23.4 Å². The molecule has 4 N–H and O–H groups in total. The largest absolute Gasteiger partial charge is 0.368 e. The molecule has 0 aliphatic carbocycles. The van der Waals surface area contributed by atoms with Crippen molar-refractivity contribution in [1.29, 1.82) is 0 Å². The highest BCUT2D eigenvalue weighted by Gasteiger charge is 2.35. The molecular formula is C22H24ClN7S. The van der Waals surface area contributed by atoms with Crippen LogP contribution in [0.3, 0.4) is 0 Å². The molecule has 9 heteroatoms. The SMILES string of the molecule is Nc1nc(Nc2ccc(Sc3ccncc3)c(Cl)c2)cc(N2C[C@@H]3CCCN[C@@H]3C2)n1. The number of piperidine rings is 1. The molecule has 2 aliphatic rings. The van der Waals surface area contributed by atoms with E-state index in [9.17, 15) is 0 Å². The molecule has 0 unspecified atom stereocenters. The van der Waals surface area contributed by atoms with Gasteiger partial charge in [-0.25, -0.2) is 0 Å². The third kappa shape index (κ3) is 4.71. The first-order valence-electron chi connectivity index (χ1n) is 10.4. The fraction of sp³-hybridized carbons (Fsp3) is 0.318. The van der Waals surface area contributed by atoms with Gasteiger partial charge in [0.25, 0.3) is 0 Å². The van der Waals surface area contributed by atoms with Gasteiger partial charge in [0.15, 0.2) is 0 Å². The molecule has 2 aromatic heterocycles. The van der Waals surface area contributed by atoms with E-state index in [0.29, 0.717) is 22.8 Å². The Bertz CT molecular complexity index is 1050. The third-order valence-corrected chi connectivity index (χ3v) is 7.24. The van der Waals surface area contributed by atoms with Gasteiger partial charge in [0, 0.05) is 53.1 Å². The topological polar surface area (TPSA) is 92.0 Å². The molecule has 4 heterocycles. The van der Waals surface area contributed by atoms with Crippen LogP contribution in [0.5, 0.6) is 0 Å². The summed E-state index contributed by atoms with van der Waals surface area (Å²) in [6.45, 7) is 3.05. The Morgan fingerprint density at radius 2 is 2.00 bits per heavy atom. The molecule has 0 spiro atoms. The lowest BCUT2D eigenvalue weighted by molar-refractivity contribution is 0.340. The number of fused-ring (bicyclic) bond motifs is 1. The Hall–Kier alpha value is -2.55. The molecule has 0 bridgehead atoms. The first-order valence-corrected chi connectivity index (χ1v) is 11.6. The molecule has 2 saturated heterocycles. The van der Waals surface area contributed by atoms with Crippen LogP contribution in [-0.4, -0.2) is 40.6 Å². The van der Waals surface area contributed by atoms with Crippen molar-refractivity contribution in [1.82, 2.24) is 20.3 Å². The number of hydrogen-bond acceptors (Lipinski definition) is 8. The number of halogens is 1. The van der Waals surface area contributed by atoms with E-state index in [0.717, 1.165) is 40.9 Å². The molecular weight excluding hydrogens is 430 g/mol. The second-order valence-electron chi connectivity index (χ2n) is 7.89. The van der Waals surface area contributed by atoms with Crippen molar-refractivity contribution in [3.05, 3.63) is 53.8 Å². The van der Waals surface area contributed by atoms with Gasteiger partial charge in [0.2, 0.25) is 5.95 Å². The summed E-state index contributed by atoms with van der Waals surface area (Å²) in [6.07, 6.45) is 6.05. The van der Waals surface area contributed by atoms with Crippen molar-refractivity contribution in [2.24, 2.45) is 5.92 Å². The molecule has 5 rings (SSSR count). The van der Waals surface area contributed by atoms with E-state index in [1.54, 1.807) is 24.2 Å². The van der Waals surface area contributed by atoms with Gasteiger partial charge >= 0.3 is 0 Å². The van der Waals surface area contributed by atoms with E-state index in [1.165, 1.54) is 12.8 Å². The van der Waals surface area contributed by atoms with Crippen LogP contribution < -0.4 is 21.3 Å². The fourth-order valence-corrected chi connectivity index (χ4v) is 5.36. The van der Waals surface area contributed by atoms with Gasteiger partial charge in [-0.2, -0.15) is 9.97 Å². The first kappa shape index (κ1) is 20.4. The quantitative estimate of drug-likeness (QED) is 0.529. The van der Waals surface area contributed by atoms with Crippen LogP contribution in [0, 0.1) is 5.92 Å². The van der Waals surface area contributed by atoms with Gasteiger partial charge in [0.1, 0.15) is 11.6 Å². The molecule has 1 aromatic carbocycles. The van der Waals surface area contributed by atoms with Crippen molar-refractivity contribution in [2.75, 3.05) is 35.6 Å². The van der Waals surface area contributed by atoms with E-state index in [2.05, 4.69) is 30.5 Å². The van der Waals surface area contributed by atoms with Gasteiger partial charge in [-0.05, 0) is 55.6 Å². The minimum Gasteiger partial charge on any atom is -0.368 e. The lowest BCUT2D eigenvalue weighted by Crippen LogP contribution is -2.40. The highest BCUT2D eigenvalue weighted by Crippen LogP contribution is 2.35. The molecule has 0 amide bonds. The number of rotatable bonds is 5. The standard InChI is InChI=1S/C22H24ClN7S/c23-17-10-15(3-4-19(17)31-16-5-8-25-9-6-16)27-20-11-21(29-22(24)28-20)30-12-14-2-1-7-26-18(14)13-30/h3-6,8-11,14,18,26H,1-2,7,12-13H2,(H3,24,27,28,29)/t14-,18+/m0/s1. The molecule has 160 valence electrons. The monoisotopic (exact) mass is 453 g/mol. The Balaban J connectivity index is 1.31. The third-order valence-electron chi connectivity index (χ3n) is 5.73. The number of pyridine rings is 1. The smallest absolute Gasteiger partial charge is 0.223 e. The Morgan fingerprint density at radius 1 is 1.13 bits per heavy atom. The summed E-state index contributed by atoms with van der Waals surface area (Å²) >= 11 is 8.14. The molecule has 2 fully saturated rings. The number of anilines is 4. The molecule has 0 radical (unpaired) electrons. The molecule has 3 aromatic rings. The predicted molar refractivity (Wildman–Crippen MR) is 126 cm³/mol. The molecule has 0 saturated carbocycles. The Labute approximate surface area is 190 Å². The normalized spacial score (nSPS) is 20.5. The van der Waals surface area contributed by atoms with Gasteiger partial charge in [-0.3, -0.25) is 4.98 Å². The van der Waals surface area contributed by atoms with Crippen molar-refractivity contribution in [2.45, 2.75) is 28.7 Å². The minimum absolute atomic E-state index is 0.263. The summed E-state index contributed by atoms with van der Waals surface area (Å²) in [7, 11) is 0. The highest BCUT2D eigenvalue weighted by molar-refractivity contribution is 7.99. The average molecular weight is 454 g/mol. The zero-order valence-electron chi connectivity index (χ0n) is 17.0. The van der Waals surface area contributed by atoms with Gasteiger partial charge in [-0.1, -0.05) is 23.4 Å². The van der Waals surface area contributed by atoms with Crippen molar-refractivity contribution < 1.29 is 0 Å². The van der Waals surface area contributed by atoms with Crippen LogP contribution in [0.4, 0.5) is 23.3 Å². The van der Waals surface area contributed by atoms with E-state index in [1.807, 2.05) is 36.4 Å². The maximum atomic E-state index is 6.53. The average Bonchev–Trinajstić information content (AvgIpc) is 3.21. The van der Waals surface area contributed by atoms with E-state index in [-0.39, 0.29) is 5.95 Å². The van der Waals surface area contributed by atoms with Crippen molar-refractivity contribution in [3.8, 4) is 0 Å². The summed E-state index contributed by atoms with van der Waals surface area (Å²) in [6, 6.07) is 12.3. The molecule has 2 atom stereocenters. The molecule has 2 aliphatic heterocycles. The summed E-state index contributed by atoms with van der Waals surface area (Å²) < 4.78 is 0. The minimum atomic E-state index is 0.263. The maximum absolute atomic E-state index is 6.53. The summed E-state index contributed by atoms with van der Waals surface area (Å²) in [5.41, 5.74) is 6.88. The van der Waals surface area contributed by atoms with Crippen LogP contribution in [0.2, 0.25) is 5.02 Å². The summed E-state index contributed by atoms with van der Waals surface area (Å²) in [5, 5.41) is 7.62. The second kappa shape index (κ2) is 8.90. The van der Waals surface area contributed by atoms with Crippen LogP contribution in [0.15, 0.2) is 58.6 Å². The van der Waals surface area contributed by atoms with E-state index >= 15 is 0 Å². The number of aromatic nitrogens is 3. The number of nitrogens with one attached hydrogen (secondary N) is 2. The maximum Gasteiger partial charge on any atom is 0.223 e. The van der Waals surface area contributed by atoms with Gasteiger partial charge in [0.05, 0.1) is 5.02 Å². The zero-order valence-corrected chi connectivity index (χ0v) is 18.5. The van der Waals surface area contributed by atoms with Crippen molar-refractivity contribution >= 4 is 46.6 Å². The van der Waals surface area contributed by atoms with E-state index in [4.69, 9.17) is 17.3 Å². The second-order valence-corrected chi connectivity index (χ2v) is 9.42. The first-order chi connectivity index (χ1) is 15.1. The fourth-order valence-electron chi connectivity index (χ4n) is 4.25. The molecule has 31 heavy (non-hydrogen) atoms. The Kier molecular flexibility index (Phi) is 5.85. The zero-order chi connectivity index (χ0) is 21.2. The van der Waals surface area contributed by atoms with Crippen molar-refractivity contribution in [3.63, 3.8) is 0 Å². The molecule has 7 nitrogen and oxygen atoms in total. The lowest BCUT2D eigenvalue weighted by atomic mass is 9.94. The van der Waals surface area contributed by atoms with Crippen LogP contribution in [0.1, 0.15) is 12.8 Å². The summed E-state index contributed by atoms with van der Waals surface area (Å²) in [4.78, 5) is 17.3. The number of nitrogen functional groups attached to an aromatic ring is 1. The van der Waals surface area contributed by atoms with Crippen LogP contribution in [0.25, 0.3) is 0 Å². The number of hydrogen-bond donors (Lipinski definition) is 3. The summed E-state index contributed by atoms with van der Waals surface area (Å²) in [5.74, 6) is 2.46. The highest BCUT2D eigenvalue weighted by atomic mass is 35.5. The van der Waals surface area contributed by atoms with Gasteiger partial charge in [-0.15, -0.1) is 0 Å².